The number of hydrogen-bond donors (Lipinski definition) is 1. The molecule has 0 spiro atoms. The zero-order valence-electron chi connectivity index (χ0n) is 10.6. The molecule has 3 rings (SSSR count). The van der Waals surface area contributed by atoms with Crippen LogP contribution in [0.4, 0.5) is 0 Å². The summed E-state index contributed by atoms with van der Waals surface area (Å²) in [4.78, 5) is 9.02. The van der Waals surface area contributed by atoms with Gasteiger partial charge in [-0.3, -0.25) is 0 Å². The van der Waals surface area contributed by atoms with Gasteiger partial charge in [-0.15, -0.1) is 11.3 Å². The number of rotatable bonds is 6. The minimum absolute atomic E-state index is 0.723. The summed E-state index contributed by atoms with van der Waals surface area (Å²) in [6.07, 6.45) is 7.55. The van der Waals surface area contributed by atoms with E-state index in [1.54, 1.807) is 11.3 Å². The molecular weight excluding hydrogens is 244 g/mol. The van der Waals surface area contributed by atoms with E-state index in [9.17, 15) is 0 Å². The Hall–Kier alpha value is -1.20. The molecule has 1 saturated carbocycles. The van der Waals surface area contributed by atoms with Crippen molar-refractivity contribution >= 4 is 11.3 Å². The lowest BCUT2D eigenvalue weighted by Crippen LogP contribution is -2.19. The van der Waals surface area contributed by atoms with Crippen molar-refractivity contribution in [1.29, 1.82) is 0 Å². The lowest BCUT2D eigenvalue weighted by molar-refractivity contribution is 0.615. The highest BCUT2D eigenvalue weighted by atomic mass is 32.1. The SMILES string of the molecule is CCc1nc(Cn2ccnc2CNC2CC2)cs1. The fourth-order valence-corrected chi connectivity index (χ4v) is 2.67. The van der Waals surface area contributed by atoms with E-state index in [1.807, 2.05) is 12.4 Å². The van der Waals surface area contributed by atoms with Crippen LogP contribution in [0.5, 0.6) is 0 Å². The summed E-state index contributed by atoms with van der Waals surface area (Å²) >= 11 is 1.75. The van der Waals surface area contributed by atoms with E-state index >= 15 is 0 Å². The predicted molar refractivity (Wildman–Crippen MR) is 72.7 cm³/mol. The first-order chi connectivity index (χ1) is 8.85. The van der Waals surface area contributed by atoms with Crippen molar-refractivity contribution in [3.63, 3.8) is 0 Å². The molecule has 0 aliphatic heterocycles. The Morgan fingerprint density at radius 1 is 1.50 bits per heavy atom. The minimum atomic E-state index is 0.723. The highest BCUT2D eigenvalue weighted by Crippen LogP contribution is 2.19. The van der Waals surface area contributed by atoms with Crippen LogP contribution in [-0.2, 0) is 19.5 Å². The average Bonchev–Trinajstić information content (AvgIpc) is 2.93. The largest absolute Gasteiger partial charge is 0.328 e. The smallest absolute Gasteiger partial charge is 0.123 e. The Kier molecular flexibility index (Phi) is 3.43. The molecule has 0 atom stereocenters. The lowest BCUT2D eigenvalue weighted by atomic mass is 10.4. The Bertz CT molecular complexity index is 513. The van der Waals surface area contributed by atoms with Gasteiger partial charge in [-0.05, 0) is 19.3 Å². The summed E-state index contributed by atoms with van der Waals surface area (Å²) < 4.78 is 2.18. The van der Waals surface area contributed by atoms with Gasteiger partial charge in [0.25, 0.3) is 0 Å². The molecule has 0 amide bonds. The average molecular weight is 262 g/mol. The van der Waals surface area contributed by atoms with E-state index in [2.05, 4.69) is 32.2 Å². The molecule has 18 heavy (non-hydrogen) atoms. The molecule has 2 aromatic heterocycles. The lowest BCUT2D eigenvalue weighted by Gasteiger charge is -2.06. The molecule has 5 heteroatoms. The molecule has 1 fully saturated rings. The molecule has 96 valence electrons. The summed E-state index contributed by atoms with van der Waals surface area (Å²) in [6.45, 7) is 3.84. The van der Waals surface area contributed by atoms with Crippen molar-refractivity contribution in [2.75, 3.05) is 0 Å². The number of aryl methyl sites for hydroxylation is 1. The molecule has 2 aromatic rings. The summed E-state index contributed by atoms with van der Waals surface area (Å²) in [5, 5.41) is 6.86. The van der Waals surface area contributed by atoms with Crippen LogP contribution in [0.1, 0.15) is 36.3 Å². The fraction of sp³-hybridized carbons (Fsp3) is 0.538. The van der Waals surface area contributed by atoms with Crippen LogP contribution in [0.15, 0.2) is 17.8 Å². The maximum Gasteiger partial charge on any atom is 0.123 e. The van der Waals surface area contributed by atoms with Gasteiger partial charge in [0.05, 0.1) is 23.8 Å². The zero-order chi connectivity index (χ0) is 12.4. The Labute approximate surface area is 111 Å². The molecule has 0 unspecified atom stereocenters. The van der Waals surface area contributed by atoms with Gasteiger partial charge in [0, 0.05) is 23.8 Å². The molecule has 1 N–H and O–H groups in total. The van der Waals surface area contributed by atoms with E-state index < -0.39 is 0 Å². The quantitative estimate of drug-likeness (QED) is 0.868. The Balaban J connectivity index is 1.65. The number of thiazole rings is 1. The first-order valence-corrected chi connectivity index (χ1v) is 7.40. The summed E-state index contributed by atoms with van der Waals surface area (Å²) in [6, 6.07) is 0.723. The number of nitrogens with zero attached hydrogens (tertiary/aromatic N) is 3. The summed E-state index contributed by atoms with van der Waals surface area (Å²) in [7, 11) is 0. The van der Waals surface area contributed by atoms with Gasteiger partial charge >= 0.3 is 0 Å². The van der Waals surface area contributed by atoms with Gasteiger partial charge in [0.1, 0.15) is 5.82 Å². The molecule has 2 heterocycles. The third-order valence-electron chi connectivity index (χ3n) is 3.16. The van der Waals surface area contributed by atoms with Crippen LogP contribution in [0, 0.1) is 0 Å². The van der Waals surface area contributed by atoms with E-state index in [-0.39, 0.29) is 0 Å². The Morgan fingerprint density at radius 2 is 2.39 bits per heavy atom. The highest BCUT2D eigenvalue weighted by molar-refractivity contribution is 7.09. The van der Waals surface area contributed by atoms with Crippen molar-refractivity contribution in [3.8, 4) is 0 Å². The first-order valence-electron chi connectivity index (χ1n) is 6.52. The van der Waals surface area contributed by atoms with Crippen LogP contribution in [0.3, 0.4) is 0 Å². The molecule has 0 saturated heterocycles. The van der Waals surface area contributed by atoms with Gasteiger partial charge in [0.2, 0.25) is 0 Å². The third-order valence-corrected chi connectivity index (χ3v) is 4.20. The van der Waals surface area contributed by atoms with Crippen molar-refractivity contribution in [2.24, 2.45) is 0 Å². The monoisotopic (exact) mass is 262 g/mol. The van der Waals surface area contributed by atoms with Gasteiger partial charge in [-0.2, -0.15) is 0 Å². The van der Waals surface area contributed by atoms with Gasteiger partial charge < -0.3 is 9.88 Å². The second-order valence-corrected chi connectivity index (χ2v) is 5.66. The highest BCUT2D eigenvalue weighted by Gasteiger charge is 2.20. The van der Waals surface area contributed by atoms with E-state index in [0.717, 1.165) is 37.1 Å². The van der Waals surface area contributed by atoms with Crippen molar-refractivity contribution in [1.82, 2.24) is 19.9 Å². The van der Waals surface area contributed by atoms with E-state index in [4.69, 9.17) is 0 Å². The van der Waals surface area contributed by atoms with Crippen LogP contribution < -0.4 is 5.32 Å². The Morgan fingerprint density at radius 3 is 3.11 bits per heavy atom. The van der Waals surface area contributed by atoms with Gasteiger partial charge in [0.15, 0.2) is 0 Å². The molecule has 1 aliphatic carbocycles. The number of aromatic nitrogens is 3. The van der Waals surface area contributed by atoms with Gasteiger partial charge in [-0.25, -0.2) is 9.97 Å². The summed E-state index contributed by atoms with van der Waals surface area (Å²) in [5.74, 6) is 1.10. The second kappa shape index (κ2) is 5.20. The first kappa shape index (κ1) is 11.9. The van der Waals surface area contributed by atoms with Crippen LogP contribution in [0.25, 0.3) is 0 Å². The molecule has 1 aliphatic rings. The maximum atomic E-state index is 4.60. The number of hydrogen-bond acceptors (Lipinski definition) is 4. The van der Waals surface area contributed by atoms with Crippen molar-refractivity contribution in [3.05, 3.63) is 34.3 Å². The minimum Gasteiger partial charge on any atom is -0.328 e. The molecular formula is C13H18N4S. The van der Waals surface area contributed by atoms with Crippen molar-refractivity contribution < 1.29 is 0 Å². The number of imidazole rings is 1. The van der Waals surface area contributed by atoms with E-state index in [1.165, 1.54) is 17.8 Å². The molecule has 4 nitrogen and oxygen atoms in total. The zero-order valence-corrected chi connectivity index (χ0v) is 11.4. The normalized spacial score (nSPS) is 15.2. The van der Waals surface area contributed by atoms with Crippen LogP contribution >= 0.6 is 11.3 Å². The fourth-order valence-electron chi connectivity index (χ4n) is 1.93. The molecule has 0 aromatic carbocycles. The predicted octanol–water partition coefficient (Wildman–Crippen LogP) is 2.20. The second-order valence-electron chi connectivity index (χ2n) is 4.71. The van der Waals surface area contributed by atoms with Crippen LogP contribution in [-0.4, -0.2) is 20.6 Å². The van der Waals surface area contributed by atoms with Crippen molar-refractivity contribution in [2.45, 2.75) is 45.3 Å². The number of nitrogens with one attached hydrogen (secondary N) is 1. The van der Waals surface area contributed by atoms with Gasteiger partial charge in [-0.1, -0.05) is 6.92 Å². The third kappa shape index (κ3) is 2.79. The standard InChI is InChI=1S/C13H18N4S/c1-2-13-16-11(9-18-13)8-17-6-5-14-12(17)7-15-10-3-4-10/h5-6,9-10,15H,2-4,7-8H2,1H3. The molecule has 0 radical (unpaired) electrons. The van der Waals surface area contributed by atoms with E-state index in [0.29, 0.717) is 0 Å². The molecule has 0 bridgehead atoms. The topological polar surface area (TPSA) is 42.7 Å². The maximum absolute atomic E-state index is 4.60. The summed E-state index contributed by atoms with van der Waals surface area (Å²) in [5.41, 5.74) is 1.14. The van der Waals surface area contributed by atoms with Crippen LogP contribution in [0.2, 0.25) is 0 Å².